The van der Waals surface area contributed by atoms with Gasteiger partial charge in [-0.2, -0.15) is 13.2 Å². The molecule has 0 aromatic carbocycles. The Bertz CT molecular complexity index is 595. The van der Waals surface area contributed by atoms with Crippen LogP contribution in [0.15, 0.2) is 12.4 Å². The minimum Gasteiger partial charge on any atom is -0.355 e. The summed E-state index contributed by atoms with van der Waals surface area (Å²) in [5, 5.41) is 0. The van der Waals surface area contributed by atoms with Crippen LogP contribution in [0.3, 0.4) is 0 Å². The Balaban J connectivity index is 1.85. The lowest BCUT2D eigenvalue weighted by Crippen LogP contribution is -2.33. The molecule has 0 aliphatic carbocycles. The zero-order chi connectivity index (χ0) is 15.4. The highest BCUT2D eigenvalue weighted by Crippen LogP contribution is 2.35. The van der Waals surface area contributed by atoms with Gasteiger partial charge in [0.05, 0.1) is 11.8 Å². The number of anilines is 1. The number of carbonyl (C=O) groups is 2. The van der Waals surface area contributed by atoms with E-state index in [0.717, 1.165) is 17.3 Å². The molecule has 6 nitrogen and oxygen atoms in total. The van der Waals surface area contributed by atoms with Gasteiger partial charge in [0.15, 0.2) is 0 Å². The summed E-state index contributed by atoms with van der Waals surface area (Å²) in [5.74, 6) is -1.52. The lowest BCUT2D eigenvalue weighted by molar-refractivity contribution is -0.141. The van der Waals surface area contributed by atoms with Crippen molar-refractivity contribution < 1.29 is 22.8 Å². The normalized spacial score (nSPS) is 25.7. The third kappa shape index (κ3) is 2.12. The van der Waals surface area contributed by atoms with E-state index in [1.54, 1.807) is 0 Å². The van der Waals surface area contributed by atoms with Crippen LogP contribution in [0.25, 0.3) is 0 Å². The summed E-state index contributed by atoms with van der Waals surface area (Å²) in [5.41, 5.74) is -1.04. The zero-order valence-electron chi connectivity index (χ0n) is 11.0. The first-order chi connectivity index (χ1) is 9.79. The van der Waals surface area contributed by atoms with Gasteiger partial charge in [-0.1, -0.05) is 0 Å². The molecule has 2 aliphatic rings. The summed E-state index contributed by atoms with van der Waals surface area (Å²) < 4.78 is 37.9. The summed E-state index contributed by atoms with van der Waals surface area (Å²) in [4.78, 5) is 33.3. The summed E-state index contributed by atoms with van der Waals surface area (Å²) in [6.45, 7) is 0.377. The van der Waals surface area contributed by atoms with Gasteiger partial charge in [-0.15, -0.1) is 0 Å². The van der Waals surface area contributed by atoms with Crippen LogP contribution in [0.4, 0.5) is 19.0 Å². The van der Waals surface area contributed by atoms with E-state index in [9.17, 15) is 22.8 Å². The molecule has 2 atom stereocenters. The van der Waals surface area contributed by atoms with Crippen LogP contribution in [0, 0.1) is 11.8 Å². The molecule has 112 valence electrons. The molecule has 2 saturated heterocycles. The standard InChI is InChI=1S/C12H11F3N4O2/c1-18-10(20)6-3-19(4-7(6)11(18)21)9-2-8(12(13,14)15)16-5-17-9/h2,5-7H,3-4H2,1H3. The number of rotatable bonds is 1. The van der Waals surface area contributed by atoms with E-state index in [-0.39, 0.29) is 30.7 Å². The van der Waals surface area contributed by atoms with E-state index in [4.69, 9.17) is 0 Å². The second kappa shape index (κ2) is 4.40. The predicted octanol–water partition coefficient (Wildman–Crippen LogP) is 0.546. The molecular formula is C12H11F3N4O2. The lowest BCUT2D eigenvalue weighted by Gasteiger charge is -2.20. The first kappa shape index (κ1) is 13.8. The molecule has 0 spiro atoms. The van der Waals surface area contributed by atoms with Gasteiger partial charge in [-0.25, -0.2) is 9.97 Å². The second-order valence-corrected chi connectivity index (χ2v) is 5.11. The number of fused-ring (bicyclic) bond motifs is 1. The molecule has 3 heterocycles. The number of nitrogens with zero attached hydrogens (tertiary/aromatic N) is 4. The molecule has 2 amide bonds. The molecule has 21 heavy (non-hydrogen) atoms. The third-order valence-electron chi connectivity index (χ3n) is 3.88. The van der Waals surface area contributed by atoms with Gasteiger partial charge in [-0.05, 0) is 0 Å². The average molecular weight is 300 g/mol. The van der Waals surface area contributed by atoms with E-state index in [1.165, 1.54) is 11.9 Å². The Kier molecular flexibility index (Phi) is 2.89. The third-order valence-corrected chi connectivity index (χ3v) is 3.88. The van der Waals surface area contributed by atoms with Crippen molar-refractivity contribution in [2.75, 3.05) is 25.0 Å². The van der Waals surface area contributed by atoms with Gasteiger partial charge in [0, 0.05) is 26.2 Å². The smallest absolute Gasteiger partial charge is 0.355 e. The van der Waals surface area contributed by atoms with Gasteiger partial charge in [0.1, 0.15) is 17.8 Å². The van der Waals surface area contributed by atoms with Crippen molar-refractivity contribution in [3.05, 3.63) is 18.1 Å². The second-order valence-electron chi connectivity index (χ2n) is 5.11. The van der Waals surface area contributed by atoms with E-state index in [1.807, 2.05) is 0 Å². The first-order valence-electron chi connectivity index (χ1n) is 6.24. The minimum atomic E-state index is -4.56. The van der Waals surface area contributed by atoms with Crippen LogP contribution in [-0.2, 0) is 15.8 Å². The first-order valence-corrected chi connectivity index (χ1v) is 6.24. The molecule has 2 fully saturated rings. The highest BCUT2D eigenvalue weighted by Gasteiger charge is 2.51. The highest BCUT2D eigenvalue weighted by atomic mass is 19.4. The fourth-order valence-corrected chi connectivity index (χ4v) is 2.77. The number of hydrogen-bond acceptors (Lipinski definition) is 5. The fourth-order valence-electron chi connectivity index (χ4n) is 2.77. The van der Waals surface area contributed by atoms with Gasteiger partial charge >= 0.3 is 6.18 Å². The van der Waals surface area contributed by atoms with Crippen LogP contribution in [0.5, 0.6) is 0 Å². The summed E-state index contributed by atoms with van der Waals surface area (Å²) in [6.07, 6.45) is -3.72. The number of imide groups is 1. The number of carbonyl (C=O) groups excluding carboxylic acids is 2. The Hall–Kier alpha value is -2.19. The highest BCUT2D eigenvalue weighted by molar-refractivity contribution is 6.06. The maximum Gasteiger partial charge on any atom is 0.433 e. The Labute approximate surface area is 117 Å². The van der Waals surface area contributed by atoms with Crippen molar-refractivity contribution in [1.29, 1.82) is 0 Å². The fraction of sp³-hybridized carbons (Fsp3) is 0.500. The monoisotopic (exact) mass is 300 g/mol. The number of amides is 2. The number of halogens is 3. The van der Waals surface area contributed by atoms with E-state index in [0.29, 0.717) is 0 Å². The average Bonchev–Trinajstić information content (AvgIpc) is 2.96. The number of alkyl halides is 3. The Morgan fingerprint density at radius 3 is 2.24 bits per heavy atom. The largest absolute Gasteiger partial charge is 0.433 e. The maximum atomic E-state index is 12.6. The number of likely N-dealkylation sites (tertiary alicyclic amines) is 1. The van der Waals surface area contributed by atoms with Gasteiger partial charge in [0.25, 0.3) is 0 Å². The number of hydrogen-bond donors (Lipinski definition) is 0. The van der Waals surface area contributed by atoms with Crippen LogP contribution in [0.1, 0.15) is 5.69 Å². The van der Waals surface area contributed by atoms with E-state index < -0.39 is 23.7 Å². The molecule has 0 N–H and O–H groups in total. The van der Waals surface area contributed by atoms with E-state index >= 15 is 0 Å². The van der Waals surface area contributed by atoms with Crippen molar-refractivity contribution >= 4 is 17.6 Å². The summed E-state index contributed by atoms with van der Waals surface area (Å²) >= 11 is 0. The van der Waals surface area contributed by atoms with Crippen LogP contribution in [-0.4, -0.2) is 46.8 Å². The van der Waals surface area contributed by atoms with Crippen molar-refractivity contribution in [2.45, 2.75) is 6.18 Å². The zero-order valence-corrected chi connectivity index (χ0v) is 11.0. The van der Waals surface area contributed by atoms with Crippen LogP contribution in [0.2, 0.25) is 0 Å². The minimum absolute atomic E-state index is 0.0787. The van der Waals surface area contributed by atoms with Gasteiger partial charge < -0.3 is 4.90 Å². The Morgan fingerprint density at radius 2 is 1.71 bits per heavy atom. The molecule has 1 aromatic heterocycles. The topological polar surface area (TPSA) is 66.4 Å². The van der Waals surface area contributed by atoms with Gasteiger partial charge in [0.2, 0.25) is 11.8 Å². The molecule has 0 saturated carbocycles. The molecule has 1 aromatic rings. The molecule has 0 bridgehead atoms. The van der Waals surface area contributed by atoms with Crippen molar-refractivity contribution in [3.8, 4) is 0 Å². The van der Waals surface area contributed by atoms with Crippen molar-refractivity contribution in [2.24, 2.45) is 11.8 Å². The Morgan fingerprint density at radius 1 is 1.14 bits per heavy atom. The molecule has 0 radical (unpaired) electrons. The van der Waals surface area contributed by atoms with Crippen molar-refractivity contribution in [3.63, 3.8) is 0 Å². The summed E-state index contributed by atoms with van der Waals surface area (Å²) in [7, 11) is 1.42. The van der Waals surface area contributed by atoms with Crippen LogP contribution >= 0.6 is 0 Å². The maximum absolute atomic E-state index is 12.6. The van der Waals surface area contributed by atoms with E-state index in [2.05, 4.69) is 9.97 Å². The van der Waals surface area contributed by atoms with Crippen molar-refractivity contribution in [1.82, 2.24) is 14.9 Å². The SMILES string of the molecule is CN1C(=O)C2CN(c3cc(C(F)(F)F)ncn3)CC2C1=O. The predicted molar refractivity (Wildman–Crippen MR) is 64.0 cm³/mol. The van der Waals surface area contributed by atoms with Gasteiger partial charge in [-0.3, -0.25) is 14.5 Å². The molecular weight excluding hydrogens is 289 g/mol. The number of aromatic nitrogens is 2. The molecule has 2 unspecified atom stereocenters. The molecule has 3 rings (SSSR count). The quantitative estimate of drug-likeness (QED) is 0.709. The molecule has 9 heteroatoms. The molecule has 2 aliphatic heterocycles. The summed E-state index contributed by atoms with van der Waals surface area (Å²) in [6, 6.07) is 0.833. The van der Waals surface area contributed by atoms with Crippen LogP contribution < -0.4 is 4.90 Å². The lowest BCUT2D eigenvalue weighted by atomic mass is 10.00.